The van der Waals surface area contributed by atoms with Gasteiger partial charge < -0.3 is 14.4 Å². The molecule has 0 radical (unpaired) electrons. The molecular weight excluding hydrogens is 276 g/mol. The Morgan fingerprint density at radius 2 is 1.57 bits per heavy atom. The van der Waals surface area contributed by atoms with Crippen LogP contribution >= 0.6 is 0 Å². The Balaban J connectivity index is 2.61. The third kappa shape index (κ3) is 6.03. The minimum absolute atomic E-state index is 0.179. The van der Waals surface area contributed by atoms with Crippen molar-refractivity contribution in [3.8, 4) is 0 Å². The molecule has 0 N–H and O–H groups in total. The number of hydrogen-bond donors (Lipinski definition) is 0. The van der Waals surface area contributed by atoms with E-state index in [1.54, 1.807) is 24.5 Å². The van der Waals surface area contributed by atoms with Gasteiger partial charge in [0.15, 0.2) is 0 Å². The zero-order valence-corrected chi connectivity index (χ0v) is 12.1. The van der Waals surface area contributed by atoms with Crippen LogP contribution in [0, 0.1) is 0 Å². The SMILES string of the molecule is COC(=O)CN(CC(=O)OC)C(=O)CCc1ccncc1. The molecule has 0 unspecified atom stereocenters. The van der Waals surface area contributed by atoms with E-state index in [-0.39, 0.29) is 25.4 Å². The van der Waals surface area contributed by atoms with E-state index in [9.17, 15) is 14.4 Å². The number of rotatable bonds is 7. The van der Waals surface area contributed by atoms with E-state index in [1.807, 2.05) is 0 Å². The van der Waals surface area contributed by atoms with Crippen molar-refractivity contribution < 1.29 is 23.9 Å². The Kier molecular flexibility index (Phi) is 6.86. The third-order valence-corrected chi connectivity index (χ3v) is 2.82. The molecule has 1 amide bonds. The average Bonchev–Trinajstić information content (AvgIpc) is 2.52. The third-order valence-electron chi connectivity index (χ3n) is 2.82. The summed E-state index contributed by atoms with van der Waals surface area (Å²) in [5.41, 5.74) is 0.953. The van der Waals surface area contributed by atoms with Gasteiger partial charge in [-0.1, -0.05) is 0 Å². The van der Waals surface area contributed by atoms with E-state index < -0.39 is 11.9 Å². The van der Waals surface area contributed by atoms with Crippen LogP contribution in [-0.4, -0.2) is 55.0 Å². The summed E-state index contributed by atoms with van der Waals surface area (Å²) in [7, 11) is 2.44. The fourth-order valence-electron chi connectivity index (χ4n) is 1.63. The lowest BCUT2D eigenvalue weighted by Gasteiger charge is -2.20. The number of amides is 1. The maximum absolute atomic E-state index is 12.1. The molecule has 0 bridgehead atoms. The molecule has 0 aromatic carbocycles. The van der Waals surface area contributed by atoms with Crippen LogP contribution in [0.5, 0.6) is 0 Å². The van der Waals surface area contributed by atoms with Crippen molar-refractivity contribution in [1.29, 1.82) is 0 Å². The smallest absolute Gasteiger partial charge is 0.325 e. The van der Waals surface area contributed by atoms with Gasteiger partial charge in [0.05, 0.1) is 14.2 Å². The lowest BCUT2D eigenvalue weighted by molar-refractivity contribution is -0.152. The van der Waals surface area contributed by atoms with Crippen molar-refractivity contribution >= 4 is 17.8 Å². The van der Waals surface area contributed by atoms with Crippen LogP contribution in [0.25, 0.3) is 0 Å². The van der Waals surface area contributed by atoms with Crippen LogP contribution in [0.15, 0.2) is 24.5 Å². The number of aromatic nitrogens is 1. The molecule has 0 aliphatic rings. The summed E-state index contributed by atoms with van der Waals surface area (Å²) in [6.07, 6.45) is 3.96. The molecule has 0 aliphatic heterocycles. The van der Waals surface area contributed by atoms with E-state index in [1.165, 1.54) is 14.2 Å². The lowest BCUT2D eigenvalue weighted by Crippen LogP contribution is -2.40. The van der Waals surface area contributed by atoms with Gasteiger partial charge in [-0.15, -0.1) is 0 Å². The van der Waals surface area contributed by atoms with Crippen LogP contribution in [0.3, 0.4) is 0 Å². The highest BCUT2D eigenvalue weighted by atomic mass is 16.5. The molecule has 1 aromatic heterocycles. The normalized spacial score (nSPS) is 9.81. The van der Waals surface area contributed by atoms with Gasteiger partial charge in [-0.05, 0) is 24.1 Å². The summed E-state index contributed by atoms with van der Waals surface area (Å²) in [4.78, 5) is 39.7. The topological polar surface area (TPSA) is 85.8 Å². The standard InChI is InChI=1S/C14H18N2O5/c1-20-13(18)9-16(10-14(19)21-2)12(17)4-3-11-5-7-15-8-6-11/h5-8H,3-4,9-10H2,1-2H3. The highest BCUT2D eigenvalue weighted by Crippen LogP contribution is 2.04. The summed E-state index contributed by atoms with van der Waals surface area (Å²) in [6, 6.07) is 3.61. The molecular formula is C14H18N2O5. The van der Waals surface area contributed by atoms with Gasteiger partial charge in [0, 0.05) is 18.8 Å². The zero-order valence-electron chi connectivity index (χ0n) is 12.1. The van der Waals surface area contributed by atoms with Crippen LogP contribution in [0.2, 0.25) is 0 Å². The lowest BCUT2D eigenvalue weighted by atomic mass is 10.1. The van der Waals surface area contributed by atoms with Gasteiger partial charge in [0.1, 0.15) is 13.1 Å². The number of methoxy groups -OCH3 is 2. The van der Waals surface area contributed by atoms with Gasteiger partial charge in [-0.2, -0.15) is 0 Å². The maximum Gasteiger partial charge on any atom is 0.325 e. The van der Waals surface area contributed by atoms with Crippen molar-refractivity contribution in [2.75, 3.05) is 27.3 Å². The average molecular weight is 294 g/mol. The number of carbonyl (C=O) groups excluding carboxylic acids is 3. The van der Waals surface area contributed by atoms with Gasteiger partial charge in [0.2, 0.25) is 5.91 Å². The van der Waals surface area contributed by atoms with Crippen LogP contribution < -0.4 is 0 Å². The summed E-state index contributed by atoms with van der Waals surface area (Å²) in [5, 5.41) is 0. The Labute approximate surface area is 122 Å². The molecule has 21 heavy (non-hydrogen) atoms. The van der Waals surface area contributed by atoms with Crippen molar-refractivity contribution in [2.24, 2.45) is 0 Å². The van der Waals surface area contributed by atoms with E-state index in [0.29, 0.717) is 6.42 Å². The first-order chi connectivity index (χ1) is 10.1. The molecule has 0 fully saturated rings. The highest BCUT2D eigenvalue weighted by Gasteiger charge is 2.20. The van der Waals surface area contributed by atoms with E-state index in [0.717, 1.165) is 10.5 Å². The highest BCUT2D eigenvalue weighted by molar-refractivity contribution is 5.86. The first kappa shape index (κ1) is 16.6. The number of aryl methyl sites for hydroxylation is 1. The molecule has 1 heterocycles. The molecule has 7 heteroatoms. The molecule has 0 atom stereocenters. The Morgan fingerprint density at radius 1 is 1.05 bits per heavy atom. The fourth-order valence-corrected chi connectivity index (χ4v) is 1.63. The first-order valence-corrected chi connectivity index (χ1v) is 6.37. The van der Waals surface area contributed by atoms with E-state index >= 15 is 0 Å². The molecule has 114 valence electrons. The van der Waals surface area contributed by atoms with Crippen molar-refractivity contribution in [2.45, 2.75) is 12.8 Å². The second-order valence-corrected chi connectivity index (χ2v) is 4.26. The predicted octanol–water partition coefficient (Wildman–Crippen LogP) is 0.189. The van der Waals surface area contributed by atoms with Gasteiger partial charge in [0.25, 0.3) is 0 Å². The minimum Gasteiger partial charge on any atom is -0.468 e. The summed E-state index contributed by atoms with van der Waals surface area (Å²) < 4.78 is 9.03. The summed E-state index contributed by atoms with van der Waals surface area (Å²) >= 11 is 0. The van der Waals surface area contributed by atoms with Crippen LogP contribution in [0.1, 0.15) is 12.0 Å². The fraction of sp³-hybridized carbons (Fsp3) is 0.429. The zero-order chi connectivity index (χ0) is 15.7. The van der Waals surface area contributed by atoms with Crippen molar-refractivity contribution in [1.82, 2.24) is 9.88 Å². The van der Waals surface area contributed by atoms with Crippen LogP contribution in [-0.2, 0) is 30.3 Å². The second kappa shape index (κ2) is 8.68. The molecule has 1 aromatic rings. The Hall–Kier alpha value is -2.44. The molecule has 0 aliphatic carbocycles. The minimum atomic E-state index is -0.587. The molecule has 0 saturated carbocycles. The van der Waals surface area contributed by atoms with Gasteiger partial charge in [-0.25, -0.2) is 0 Å². The molecule has 1 rings (SSSR count). The number of esters is 2. The van der Waals surface area contributed by atoms with Gasteiger partial charge >= 0.3 is 11.9 Å². The largest absolute Gasteiger partial charge is 0.468 e. The number of pyridine rings is 1. The van der Waals surface area contributed by atoms with E-state index in [2.05, 4.69) is 14.5 Å². The Morgan fingerprint density at radius 3 is 2.05 bits per heavy atom. The maximum atomic E-state index is 12.1. The Bertz CT molecular complexity index is 471. The quantitative estimate of drug-likeness (QED) is 0.667. The van der Waals surface area contributed by atoms with Crippen molar-refractivity contribution in [3.63, 3.8) is 0 Å². The molecule has 0 spiro atoms. The molecule has 0 saturated heterocycles. The number of carbonyl (C=O) groups is 3. The first-order valence-electron chi connectivity index (χ1n) is 6.37. The molecule has 7 nitrogen and oxygen atoms in total. The second-order valence-electron chi connectivity index (χ2n) is 4.26. The van der Waals surface area contributed by atoms with E-state index in [4.69, 9.17) is 0 Å². The summed E-state index contributed by atoms with van der Waals surface area (Å²) in [6.45, 7) is -0.554. The monoisotopic (exact) mass is 294 g/mol. The number of nitrogens with zero attached hydrogens (tertiary/aromatic N) is 2. The summed E-state index contributed by atoms with van der Waals surface area (Å²) in [5.74, 6) is -1.49. The predicted molar refractivity (Wildman–Crippen MR) is 73.2 cm³/mol. The number of hydrogen-bond acceptors (Lipinski definition) is 6. The number of ether oxygens (including phenoxy) is 2. The van der Waals surface area contributed by atoms with Gasteiger partial charge in [-0.3, -0.25) is 19.4 Å². The van der Waals surface area contributed by atoms with Crippen molar-refractivity contribution in [3.05, 3.63) is 30.1 Å². The van der Waals surface area contributed by atoms with Crippen LogP contribution in [0.4, 0.5) is 0 Å².